The van der Waals surface area contributed by atoms with Crippen molar-refractivity contribution in [2.24, 2.45) is 5.92 Å². The highest BCUT2D eigenvalue weighted by molar-refractivity contribution is 6.99. The second-order valence-corrected chi connectivity index (χ2v) is 13.8. The maximum atomic E-state index is 12.3. The molecule has 0 radical (unpaired) electrons. The van der Waals surface area contributed by atoms with Crippen LogP contribution in [0.1, 0.15) is 40.5 Å². The van der Waals surface area contributed by atoms with Crippen LogP contribution in [0.4, 0.5) is 0 Å². The van der Waals surface area contributed by atoms with Crippen LogP contribution in [0.3, 0.4) is 0 Å². The van der Waals surface area contributed by atoms with Gasteiger partial charge in [0.2, 0.25) is 5.91 Å². The molecule has 1 amide bonds. The molecule has 0 aliphatic carbocycles. The Morgan fingerprint density at radius 3 is 2.06 bits per heavy atom. The molecule has 0 spiro atoms. The summed E-state index contributed by atoms with van der Waals surface area (Å²) in [4.78, 5) is 24.3. The SMILES string of the molecule is CCOC(=O)[C@@H]1[C@H](CCCO[Si](c2ccccc2)(c2ccccc2)C(C)(C)C)NC(=O)[C@@H]1O. The summed E-state index contributed by atoms with van der Waals surface area (Å²) in [5.74, 6) is -1.95. The molecule has 7 heteroatoms. The van der Waals surface area contributed by atoms with Gasteiger partial charge in [-0.1, -0.05) is 81.4 Å². The van der Waals surface area contributed by atoms with E-state index in [9.17, 15) is 14.7 Å². The quantitative estimate of drug-likeness (QED) is 0.335. The van der Waals surface area contributed by atoms with Crippen molar-refractivity contribution in [2.45, 2.75) is 57.7 Å². The van der Waals surface area contributed by atoms with E-state index in [2.05, 4.69) is 74.6 Å². The summed E-state index contributed by atoms with van der Waals surface area (Å²) in [7, 11) is -2.63. The Bertz CT molecular complexity index is 889. The monoisotopic (exact) mass is 469 g/mol. The van der Waals surface area contributed by atoms with Crippen LogP contribution in [0.5, 0.6) is 0 Å². The minimum absolute atomic E-state index is 0.124. The number of aliphatic hydroxyl groups excluding tert-OH is 1. The molecule has 178 valence electrons. The Morgan fingerprint density at radius 1 is 1.03 bits per heavy atom. The molecule has 0 aromatic heterocycles. The molecule has 0 bridgehead atoms. The Hall–Kier alpha value is -2.48. The fraction of sp³-hybridized carbons (Fsp3) is 0.462. The first-order chi connectivity index (χ1) is 15.7. The Kier molecular flexibility index (Phi) is 8.10. The van der Waals surface area contributed by atoms with E-state index in [-0.39, 0.29) is 11.6 Å². The Morgan fingerprint density at radius 2 is 1.58 bits per heavy atom. The molecule has 0 unspecified atom stereocenters. The van der Waals surface area contributed by atoms with Crippen LogP contribution >= 0.6 is 0 Å². The first kappa shape index (κ1) is 25.1. The lowest BCUT2D eigenvalue weighted by atomic mass is 9.95. The molecule has 1 fully saturated rings. The number of nitrogens with one attached hydrogen (secondary N) is 1. The largest absolute Gasteiger partial charge is 0.466 e. The topological polar surface area (TPSA) is 84.9 Å². The number of esters is 1. The summed E-state index contributed by atoms with van der Waals surface area (Å²) in [5.41, 5.74) is 0. The van der Waals surface area contributed by atoms with Gasteiger partial charge >= 0.3 is 5.97 Å². The van der Waals surface area contributed by atoms with Crippen LogP contribution in [0.15, 0.2) is 60.7 Å². The maximum absolute atomic E-state index is 12.3. The summed E-state index contributed by atoms with van der Waals surface area (Å²) in [6.45, 7) is 9.07. The molecule has 1 aliphatic heterocycles. The van der Waals surface area contributed by atoms with Gasteiger partial charge in [0, 0.05) is 12.6 Å². The van der Waals surface area contributed by atoms with Crippen molar-refractivity contribution >= 4 is 30.6 Å². The zero-order valence-corrected chi connectivity index (χ0v) is 20.9. The molecule has 1 saturated heterocycles. The molecule has 6 nitrogen and oxygen atoms in total. The fourth-order valence-electron chi connectivity index (χ4n) is 4.81. The fourth-order valence-corrected chi connectivity index (χ4v) is 9.42. The van der Waals surface area contributed by atoms with Crippen molar-refractivity contribution in [1.29, 1.82) is 0 Å². The Labute approximate surface area is 197 Å². The van der Waals surface area contributed by atoms with E-state index in [4.69, 9.17) is 9.16 Å². The van der Waals surface area contributed by atoms with Crippen molar-refractivity contribution in [3.05, 3.63) is 60.7 Å². The second kappa shape index (κ2) is 10.6. The Balaban J connectivity index is 1.80. The van der Waals surface area contributed by atoms with Gasteiger partial charge in [-0.3, -0.25) is 9.59 Å². The van der Waals surface area contributed by atoms with E-state index in [1.165, 1.54) is 10.4 Å². The summed E-state index contributed by atoms with van der Waals surface area (Å²) >= 11 is 0. The average Bonchev–Trinajstić information content (AvgIpc) is 3.07. The van der Waals surface area contributed by atoms with Crippen LogP contribution in [0, 0.1) is 5.92 Å². The van der Waals surface area contributed by atoms with Crippen LogP contribution < -0.4 is 15.7 Å². The number of benzene rings is 2. The van der Waals surface area contributed by atoms with Gasteiger partial charge in [-0.2, -0.15) is 0 Å². The molecule has 2 aromatic rings. The number of ether oxygens (including phenoxy) is 1. The van der Waals surface area contributed by atoms with Gasteiger partial charge in [0.1, 0.15) is 12.0 Å². The smallest absolute Gasteiger partial charge is 0.314 e. The normalized spacial score (nSPS) is 21.0. The van der Waals surface area contributed by atoms with E-state index >= 15 is 0 Å². The lowest BCUT2D eigenvalue weighted by Crippen LogP contribution is -2.66. The third kappa shape index (κ3) is 5.21. The molecule has 0 saturated carbocycles. The highest BCUT2D eigenvalue weighted by atomic mass is 28.4. The van der Waals surface area contributed by atoms with Gasteiger partial charge in [-0.15, -0.1) is 0 Å². The molecule has 1 heterocycles. The summed E-state index contributed by atoms with van der Waals surface area (Å²) in [5, 5.41) is 15.2. The van der Waals surface area contributed by atoms with Crippen LogP contribution in [0.25, 0.3) is 0 Å². The average molecular weight is 470 g/mol. The van der Waals surface area contributed by atoms with Gasteiger partial charge in [0.15, 0.2) is 0 Å². The number of hydrogen-bond donors (Lipinski definition) is 2. The first-order valence-corrected chi connectivity index (χ1v) is 13.5. The zero-order chi connectivity index (χ0) is 24.1. The van der Waals surface area contributed by atoms with Crippen molar-refractivity contribution in [1.82, 2.24) is 5.32 Å². The maximum Gasteiger partial charge on any atom is 0.314 e. The predicted molar refractivity (Wildman–Crippen MR) is 131 cm³/mol. The first-order valence-electron chi connectivity index (χ1n) is 11.6. The highest BCUT2D eigenvalue weighted by Crippen LogP contribution is 2.37. The van der Waals surface area contributed by atoms with E-state index in [0.717, 1.165) is 0 Å². The van der Waals surface area contributed by atoms with Crippen LogP contribution in [0.2, 0.25) is 5.04 Å². The third-order valence-corrected chi connectivity index (χ3v) is 11.4. The van der Waals surface area contributed by atoms with Crippen LogP contribution in [-0.4, -0.2) is 50.7 Å². The number of amides is 1. The van der Waals surface area contributed by atoms with E-state index in [1.807, 2.05) is 12.1 Å². The van der Waals surface area contributed by atoms with E-state index in [1.54, 1.807) is 6.92 Å². The summed E-state index contributed by atoms with van der Waals surface area (Å²) in [6, 6.07) is 20.4. The lowest BCUT2D eigenvalue weighted by molar-refractivity contribution is -0.153. The second-order valence-electron chi connectivity index (χ2n) is 9.49. The number of rotatable bonds is 9. The van der Waals surface area contributed by atoms with Crippen molar-refractivity contribution in [3.63, 3.8) is 0 Å². The molecular weight excluding hydrogens is 434 g/mol. The molecule has 33 heavy (non-hydrogen) atoms. The number of aliphatic hydroxyl groups is 1. The molecule has 1 aliphatic rings. The van der Waals surface area contributed by atoms with Crippen LogP contribution in [-0.2, 0) is 18.8 Å². The zero-order valence-electron chi connectivity index (χ0n) is 19.9. The molecule has 3 atom stereocenters. The molecule has 3 rings (SSSR count). The summed E-state index contributed by atoms with van der Waals surface area (Å²) < 4.78 is 12.0. The number of carbonyl (C=O) groups excluding carboxylic acids is 2. The van der Waals surface area contributed by atoms with Gasteiger partial charge < -0.3 is 19.6 Å². The van der Waals surface area contributed by atoms with Crippen molar-refractivity contribution < 1.29 is 23.9 Å². The minimum Gasteiger partial charge on any atom is -0.466 e. The van der Waals surface area contributed by atoms with Crippen molar-refractivity contribution in [3.8, 4) is 0 Å². The standard InChI is InChI=1S/C26H35NO5Si/c1-5-31-25(30)22-21(27-24(29)23(22)28)17-12-18-32-33(26(2,3)4,19-13-8-6-9-14-19)20-15-10-7-11-16-20/h6-11,13-16,21-23,28H,5,12,17-18H2,1-4H3,(H,27,29)/t21-,22+,23+/m0/s1. The van der Waals surface area contributed by atoms with Gasteiger partial charge in [0.05, 0.1) is 6.61 Å². The van der Waals surface area contributed by atoms with Gasteiger partial charge in [-0.05, 0) is 35.2 Å². The molecule has 2 N–H and O–H groups in total. The van der Waals surface area contributed by atoms with Gasteiger partial charge in [0.25, 0.3) is 8.32 Å². The van der Waals surface area contributed by atoms with E-state index < -0.39 is 38.3 Å². The third-order valence-electron chi connectivity index (χ3n) is 6.32. The van der Waals surface area contributed by atoms with Gasteiger partial charge in [-0.25, -0.2) is 0 Å². The van der Waals surface area contributed by atoms with E-state index in [0.29, 0.717) is 19.4 Å². The van der Waals surface area contributed by atoms with Crippen molar-refractivity contribution in [2.75, 3.05) is 13.2 Å². The molecular formula is C26H35NO5Si. The number of carbonyl (C=O) groups is 2. The minimum atomic E-state index is -2.63. The highest BCUT2D eigenvalue weighted by Gasteiger charge is 2.50. The summed E-state index contributed by atoms with van der Waals surface area (Å²) in [6.07, 6.45) is -0.214. The lowest BCUT2D eigenvalue weighted by Gasteiger charge is -2.43. The number of hydrogen-bond acceptors (Lipinski definition) is 5. The predicted octanol–water partition coefficient (Wildman–Crippen LogP) is 2.38. The molecule has 2 aromatic carbocycles.